The number of nitrogens with zero attached hydrogens (tertiary/aromatic N) is 1. The number of hydrogen-bond acceptors (Lipinski definition) is 5. The molecule has 1 atom stereocenters. The van der Waals surface area contributed by atoms with Crippen molar-refractivity contribution in [3.05, 3.63) is 47.5 Å². The molecule has 1 aliphatic carbocycles. The number of anilines is 2. The van der Waals surface area contributed by atoms with Crippen LogP contribution < -0.4 is 14.8 Å². The summed E-state index contributed by atoms with van der Waals surface area (Å²) in [4.78, 5) is 13.0. The minimum absolute atomic E-state index is 0.144. The van der Waals surface area contributed by atoms with E-state index in [9.17, 15) is 26.4 Å². The van der Waals surface area contributed by atoms with E-state index in [0.29, 0.717) is 30.3 Å². The molecule has 0 spiro atoms. The van der Waals surface area contributed by atoms with Crippen LogP contribution in [-0.4, -0.2) is 52.6 Å². The smallest absolute Gasteiger partial charge is 0.471 e. The lowest BCUT2D eigenvalue weighted by atomic mass is 9.86. The van der Waals surface area contributed by atoms with E-state index in [2.05, 4.69) is 9.62 Å². The van der Waals surface area contributed by atoms with Crippen molar-refractivity contribution in [3.8, 4) is 5.75 Å². The first kappa shape index (κ1) is 23.9. The van der Waals surface area contributed by atoms with Crippen LogP contribution in [0.1, 0.15) is 17.5 Å². The van der Waals surface area contributed by atoms with Crippen LogP contribution in [0.3, 0.4) is 0 Å². The van der Waals surface area contributed by atoms with Crippen LogP contribution in [0.5, 0.6) is 5.75 Å². The van der Waals surface area contributed by atoms with Gasteiger partial charge in [-0.05, 0) is 75.3 Å². The van der Waals surface area contributed by atoms with E-state index in [0.717, 1.165) is 41.8 Å². The van der Waals surface area contributed by atoms with Crippen molar-refractivity contribution in [1.82, 2.24) is 4.90 Å². The number of alkyl halides is 3. The van der Waals surface area contributed by atoms with Gasteiger partial charge in [0.2, 0.25) is 0 Å². The van der Waals surface area contributed by atoms with Gasteiger partial charge in [-0.25, -0.2) is 8.42 Å². The van der Waals surface area contributed by atoms with Crippen LogP contribution in [0.15, 0.2) is 41.3 Å². The van der Waals surface area contributed by atoms with Gasteiger partial charge < -0.3 is 15.0 Å². The number of fused-ring (bicyclic) bond motifs is 1. The summed E-state index contributed by atoms with van der Waals surface area (Å²) in [6.45, 7) is 0. The number of halogens is 3. The molecule has 1 aliphatic rings. The Kier molecular flexibility index (Phi) is 6.70. The van der Waals surface area contributed by atoms with Gasteiger partial charge in [-0.2, -0.15) is 13.2 Å². The van der Waals surface area contributed by atoms with Crippen molar-refractivity contribution in [1.29, 1.82) is 0 Å². The SMILES string of the molecule is COc1ccc(NS(=O)(=O)c2ccc(NC(=O)C(F)(F)F)cc2)c2c1C[C@@H](N(C)C)CC2. The topological polar surface area (TPSA) is 87.7 Å². The zero-order valence-corrected chi connectivity index (χ0v) is 18.6. The molecular weight excluding hydrogens is 447 g/mol. The van der Waals surface area contributed by atoms with E-state index in [1.807, 2.05) is 14.1 Å². The van der Waals surface area contributed by atoms with E-state index < -0.39 is 22.1 Å². The molecule has 32 heavy (non-hydrogen) atoms. The number of nitrogens with one attached hydrogen (secondary N) is 2. The summed E-state index contributed by atoms with van der Waals surface area (Å²) >= 11 is 0. The van der Waals surface area contributed by atoms with Crippen LogP contribution in [-0.2, 0) is 27.7 Å². The number of amides is 1. The molecule has 1 amide bonds. The molecule has 7 nitrogen and oxygen atoms in total. The number of carbonyl (C=O) groups is 1. The summed E-state index contributed by atoms with van der Waals surface area (Å²) < 4.78 is 71.0. The molecule has 0 unspecified atom stereocenters. The number of hydrogen-bond donors (Lipinski definition) is 2. The van der Waals surface area contributed by atoms with Crippen molar-refractivity contribution < 1.29 is 31.1 Å². The molecule has 174 valence electrons. The van der Waals surface area contributed by atoms with Gasteiger partial charge in [0.05, 0.1) is 17.7 Å². The second-order valence-corrected chi connectivity index (χ2v) is 9.40. The number of methoxy groups -OCH3 is 1. The van der Waals surface area contributed by atoms with Gasteiger partial charge in [0.1, 0.15) is 5.75 Å². The highest BCUT2D eigenvalue weighted by atomic mass is 32.2. The van der Waals surface area contributed by atoms with Gasteiger partial charge in [-0.15, -0.1) is 0 Å². The maximum atomic E-state index is 12.9. The summed E-state index contributed by atoms with van der Waals surface area (Å²) in [5.41, 5.74) is 2.08. The Morgan fingerprint density at radius 2 is 1.75 bits per heavy atom. The zero-order valence-electron chi connectivity index (χ0n) is 17.8. The van der Waals surface area contributed by atoms with E-state index in [1.165, 1.54) is 0 Å². The van der Waals surface area contributed by atoms with Crippen molar-refractivity contribution >= 4 is 27.3 Å². The minimum atomic E-state index is -5.04. The maximum Gasteiger partial charge on any atom is 0.471 e. The maximum absolute atomic E-state index is 12.9. The Bertz CT molecular complexity index is 1100. The number of sulfonamides is 1. The fourth-order valence-corrected chi connectivity index (χ4v) is 4.77. The lowest BCUT2D eigenvalue weighted by Gasteiger charge is -2.32. The normalized spacial score (nSPS) is 16.4. The number of ether oxygens (including phenoxy) is 1. The third-order valence-electron chi connectivity index (χ3n) is 5.43. The standard InChI is InChI=1S/C21H24F3N3O4S/c1-27(2)14-6-9-16-17(12-14)19(31-3)11-10-18(16)26-32(29,30)15-7-4-13(5-8-15)25-20(28)21(22,23)24/h4-5,7-8,10-11,14,26H,6,9,12H2,1-3H3,(H,25,28)/t14-/m0/s1. The summed E-state index contributed by atoms with van der Waals surface area (Å²) in [6.07, 6.45) is -2.80. The summed E-state index contributed by atoms with van der Waals surface area (Å²) in [6, 6.07) is 8.13. The lowest BCUT2D eigenvalue weighted by Crippen LogP contribution is -2.34. The Balaban J connectivity index is 1.84. The predicted molar refractivity (Wildman–Crippen MR) is 114 cm³/mol. The van der Waals surface area contributed by atoms with Crippen LogP contribution in [0.4, 0.5) is 24.5 Å². The highest BCUT2D eigenvalue weighted by Gasteiger charge is 2.38. The quantitative estimate of drug-likeness (QED) is 0.674. The van der Waals surface area contributed by atoms with Crippen LogP contribution in [0, 0.1) is 0 Å². The average molecular weight is 472 g/mol. The molecule has 11 heteroatoms. The summed E-state index contributed by atoms with van der Waals surface area (Å²) in [5, 5.41) is 1.68. The molecule has 3 rings (SSSR count). The van der Waals surface area contributed by atoms with Crippen molar-refractivity contribution in [3.63, 3.8) is 0 Å². The molecule has 0 saturated heterocycles. The Morgan fingerprint density at radius 1 is 1.09 bits per heavy atom. The van der Waals surface area contributed by atoms with Crippen molar-refractivity contribution in [2.24, 2.45) is 0 Å². The number of likely N-dealkylation sites (N-methyl/N-ethyl adjacent to an activating group) is 1. The second kappa shape index (κ2) is 8.99. The molecular formula is C21H24F3N3O4S. The van der Waals surface area contributed by atoms with Crippen LogP contribution in [0.25, 0.3) is 0 Å². The fraction of sp³-hybridized carbons (Fsp3) is 0.381. The molecule has 0 aliphatic heterocycles. The first-order valence-electron chi connectivity index (χ1n) is 9.78. The summed E-state index contributed by atoms with van der Waals surface area (Å²) in [7, 11) is 1.55. The number of benzene rings is 2. The molecule has 0 radical (unpaired) electrons. The van der Waals surface area contributed by atoms with Crippen LogP contribution >= 0.6 is 0 Å². The molecule has 2 aromatic rings. The van der Waals surface area contributed by atoms with Gasteiger partial charge >= 0.3 is 12.1 Å². The van der Waals surface area contributed by atoms with Crippen molar-refractivity contribution in [2.75, 3.05) is 31.2 Å². The fourth-order valence-electron chi connectivity index (χ4n) is 3.68. The Morgan fingerprint density at radius 3 is 2.31 bits per heavy atom. The second-order valence-electron chi connectivity index (χ2n) is 7.71. The summed E-state index contributed by atoms with van der Waals surface area (Å²) in [5.74, 6) is -1.44. The molecule has 0 heterocycles. The van der Waals surface area contributed by atoms with Gasteiger partial charge in [0, 0.05) is 17.3 Å². The lowest BCUT2D eigenvalue weighted by molar-refractivity contribution is -0.167. The average Bonchev–Trinajstić information content (AvgIpc) is 2.73. The third-order valence-corrected chi connectivity index (χ3v) is 6.81. The Hall–Kier alpha value is -2.79. The first-order valence-corrected chi connectivity index (χ1v) is 11.3. The molecule has 0 fully saturated rings. The molecule has 0 aromatic heterocycles. The highest BCUT2D eigenvalue weighted by molar-refractivity contribution is 7.92. The van der Waals surface area contributed by atoms with E-state index in [-0.39, 0.29) is 10.6 Å². The number of carbonyl (C=O) groups excluding carboxylic acids is 1. The predicted octanol–water partition coefficient (Wildman–Crippen LogP) is 3.42. The minimum Gasteiger partial charge on any atom is -0.496 e. The molecule has 0 saturated carbocycles. The van der Waals surface area contributed by atoms with Gasteiger partial charge in [-0.3, -0.25) is 9.52 Å². The van der Waals surface area contributed by atoms with E-state index in [4.69, 9.17) is 4.74 Å². The molecule has 2 aromatic carbocycles. The largest absolute Gasteiger partial charge is 0.496 e. The first-order chi connectivity index (χ1) is 14.9. The van der Waals surface area contributed by atoms with E-state index in [1.54, 1.807) is 24.6 Å². The van der Waals surface area contributed by atoms with Gasteiger partial charge in [-0.1, -0.05) is 0 Å². The zero-order chi connectivity index (χ0) is 23.7. The molecule has 0 bridgehead atoms. The van der Waals surface area contributed by atoms with Crippen molar-refractivity contribution in [2.45, 2.75) is 36.4 Å². The Labute approximate surface area is 184 Å². The third kappa shape index (κ3) is 5.16. The molecule has 2 N–H and O–H groups in total. The number of rotatable bonds is 6. The van der Waals surface area contributed by atoms with Gasteiger partial charge in [0.25, 0.3) is 10.0 Å². The van der Waals surface area contributed by atoms with Crippen LogP contribution in [0.2, 0.25) is 0 Å². The van der Waals surface area contributed by atoms with Gasteiger partial charge in [0.15, 0.2) is 0 Å². The monoisotopic (exact) mass is 471 g/mol. The van der Waals surface area contributed by atoms with E-state index >= 15 is 0 Å². The highest BCUT2D eigenvalue weighted by Crippen LogP contribution is 2.36.